The minimum Gasteiger partial charge on any atom is -0.507 e. The number of hydrogen-bond donors (Lipinski definition) is 2. The van der Waals surface area contributed by atoms with Crippen LogP contribution in [0.25, 0.3) is 22.5 Å². The van der Waals surface area contributed by atoms with E-state index in [1.807, 2.05) is 6.20 Å². The molecule has 0 saturated carbocycles. The largest absolute Gasteiger partial charge is 0.507 e. The van der Waals surface area contributed by atoms with E-state index in [0.29, 0.717) is 17.4 Å². The summed E-state index contributed by atoms with van der Waals surface area (Å²) >= 11 is 0. The molecular weight excluding hydrogens is 437 g/mol. The van der Waals surface area contributed by atoms with Gasteiger partial charge in [0.15, 0.2) is 5.75 Å². The van der Waals surface area contributed by atoms with Crippen molar-refractivity contribution in [2.75, 3.05) is 32.1 Å². The van der Waals surface area contributed by atoms with Crippen molar-refractivity contribution in [1.82, 2.24) is 14.9 Å². The number of benzene rings is 1. The van der Waals surface area contributed by atoms with Gasteiger partial charge in [-0.25, -0.2) is 4.98 Å². The molecule has 1 aliphatic heterocycles. The summed E-state index contributed by atoms with van der Waals surface area (Å²) in [6, 6.07) is 3.39. The van der Waals surface area contributed by atoms with Gasteiger partial charge in [0.25, 0.3) is 0 Å². The van der Waals surface area contributed by atoms with Gasteiger partial charge in [0.05, 0.1) is 18.4 Å². The lowest BCUT2D eigenvalue weighted by Crippen LogP contribution is -2.31. The third-order valence-corrected chi connectivity index (χ3v) is 5.69. The molecular formula is C23H25F3N4O3. The number of nitrogens with zero attached hydrogens (tertiary/aromatic N) is 3. The number of methoxy groups -OCH3 is 1. The SMILES string of the molecule is CCN1CCCC(=CNc2nc3nc(-c4c(C)cc(C(F)(F)F)cc4O)cc(OC)c3o2)C1. The smallest absolute Gasteiger partial charge is 0.416 e. The number of pyridine rings is 1. The number of halogens is 3. The Labute approximate surface area is 188 Å². The zero-order valence-electron chi connectivity index (χ0n) is 18.6. The number of aryl methyl sites for hydroxylation is 1. The summed E-state index contributed by atoms with van der Waals surface area (Å²) in [6.45, 7) is 6.55. The van der Waals surface area contributed by atoms with Crippen LogP contribution in [0.1, 0.15) is 30.9 Å². The Morgan fingerprint density at radius 1 is 1.27 bits per heavy atom. The fraction of sp³-hybridized carbons (Fsp3) is 0.391. The molecule has 4 rings (SSSR count). The van der Waals surface area contributed by atoms with Gasteiger partial charge >= 0.3 is 12.2 Å². The molecule has 2 aromatic heterocycles. The highest BCUT2D eigenvalue weighted by Gasteiger charge is 2.32. The Kier molecular flexibility index (Phi) is 6.20. The average Bonchev–Trinajstić information content (AvgIpc) is 3.19. The summed E-state index contributed by atoms with van der Waals surface area (Å²) in [5.41, 5.74) is 1.43. The molecule has 0 atom stereocenters. The molecule has 10 heteroatoms. The molecule has 0 spiro atoms. The van der Waals surface area contributed by atoms with E-state index in [1.165, 1.54) is 25.7 Å². The fourth-order valence-electron chi connectivity index (χ4n) is 4.02. The number of nitrogens with one attached hydrogen (secondary N) is 1. The summed E-state index contributed by atoms with van der Waals surface area (Å²) < 4.78 is 50.4. The molecule has 1 aromatic carbocycles. The van der Waals surface area contributed by atoms with E-state index in [4.69, 9.17) is 9.15 Å². The molecule has 0 radical (unpaired) electrons. The topological polar surface area (TPSA) is 83.7 Å². The normalized spacial score (nSPS) is 16.5. The van der Waals surface area contributed by atoms with E-state index in [-0.39, 0.29) is 28.5 Å². The summed E-state index contributed by atoms with van der Waals surface area (Å²) in [5, 5.41) is 13.4. The van der Waals surface area contributed by atoms with Crippen molar-refractivity contribution in [3.05, 3.63) is 41.1 Å². The molecule has 3 heterocycles. The number of oxazole rings is 1. The number of fused-ring (bicyclic) bond motifs is 1. The van der Waals surface area contributed by atoms with E-state index in [1.54, 1.807) is 0 Å². The van der Waals surface area contributed by atoms with Crippen molar-refractivity contribution in [2.45, 2.75) is 32.9 Å². The maximum absolute atomic E-state index is 13.1. The minimum absolute atomic E-state index is 0.171. The second-order valence-corrected chi connectivity index (χ2v) is 7.99. The molecule has 1 aliphatic rings. The molecule has 2 N–H and O–H groups in total. The lowest BCUT2D eigenvalue weighted by molar-refractivity contribution is -0.137. The van der Waals surface area contributed by atoms with Gasteiger partial charge in [-0.1, -0.05) is 6.92 Å². The van der Waals surface area contributed by atoms with Crippen molar-refractivity contribution in [1.29, 1.82) is 0 Å². The molecule has 7 nitrogen and oxygen atoms in total. The number of ether oxygens (including phenoxy) is 1. The Balaban J connectivity index is 1.69. The number of hydrogen-bond acceptors (Lipinski definition) is 7. The van der Waals surface area contributed by atoms with Gasteiger partial charge in [0.1, 0.15) is 5.75 Å². The predicted octanol–water partition coefficient (Wildman–Crippen LogP) is 5.34. The van der Waals surface area contributed by atoms with Gasteiger partial charge < -0.3 is 19.6 Å². The van der Waals surface area contributed by atoms with Crippen molar-refractivity contribution >= 4 is 17.2 Å². The van der Waals surface area contributed by atoms with Gasteiger partial charge in [0.2, 0.25) is 11.2 Å². The number of likely N-dealkylation sites (N-methyl/N-ethyl adjacent to an activating group) is 1. The van der Waals surface area contributed by atoms with Crippen LogP contribution in [0.15, 0.2) is 34.4 Å². The van der Waals surface area contributed by atoms with Crippen LogP contribution in [-0.4, -0.2) is 46.7 Å². The predicted molar refractivity (Wildman–Crippen MR) is 118 cm³/mol. The third-order valence-electron chi connectivity index (χ3n) is 5.69. The summed E-state index contributed by atoms with van der Waals surface area (Å²) in [6.07, 6.45) is -0.610. The third kappa shape index (κ3) is 4.75. The highest BCUT2D eigenvalue weighted by atomic mass is 19.4. The number of piperidine rings is 1. The van der Waals surface area contributed by atoms with Crippen LogP contribution < -0.4 is 10.1 Å². The Bertz CT molecular complexity index is 1180. The highest BCUT2D eigenvalue weighted by molar-refractivity contribution is 5.83. The molecule has 176 valence electrons. The molecule has 0 unspecified atom stereocenters. The number of aromatic nitrogens is 2. The monoisotopic (exact) mass is 462 g/mol. The van der Waals surface area contributed by atoms with Crippen molar-refractivity contribution < 1.29 is 27.4 Å². The number of phenolic OH excluding ortho intramolecular Hbond substituents is 1. The van der Waals surface area contributed by atoms with Gasteiger partial charge in [-0.3, -0.25) is 4.90 Å². The van der Waals surface area contributed by atoms with Crippen LogP contribution in [0, 0.1) is 6.92 Å². The average molecular weight is 462 g/mol. The maximum Gasteiger partial charge on any atom is 0.416 e. The zero-order valence-corrected chi connectivity index (χ0v) is 18.6. The number of anilines is 1. The van der Waals surface area contributed by atoms with Crippen molar-refractivity contribution in [3.63, 3.8) is 0 Å². The van der Waals surface area contributed by atoms with Crippen LogP contribution in [0.3, 0.4) is 0 Å². The highest BCUT2D eigenvalue weighted by Crippen LogP contribution is 2.40. The van der Waals surface area contributed by atoms with Crippen LogP contribution in [0.5, 0.6) is 11.5 Å². The van der Waals surface area contributed by atoms with E-state index in [2.05, 4.69) is 27.1 Å². The molecule has 0 aliphatic carbocycles. The zero-order chi connectivity index (χ0) is 23.8. The molecule has 0 amide bonds. The summed E-state index contributed by atoms with van der Waals surface area (Å²) in [5.74, 6) is -0.225. The van der Waals surface area contributed by atoms with E-state index in [9.17, 15) is 18.3 Å². The number of alkyl halides is 3. The minimum atomic E-state index is -4.57. The first-order chi connectivity index (χ1) is 15.7. The number of rotatable bonds is 5. The molecule has 0 bridgehead atoms. The number of likely N-dealkylation sites (tertiary alicyclic amines) is 1. The molecule has 1 fully saturated rings. The van der Waals surface area contributed by atoms with Crippen LogP contribution >= 0.6 is 0 Å². The summed E-state index contributed by atoms with van der Waals surface area (Å²) in [7, 11) is 1.44. The lowest BCUT2D eigenvalue weighted by Gasteiger charge is -2.27. The van der Waals surface area contributed by atoms with Crippen molar-refractivity contribution in [2.24, 2.45) is 0 Å². The van der Waals surface area contributed by atoms with Gasteiger partial charge in [-0.2, -0.15) is 18.2 Å². The quantitative estimate of drug-likeness (QED) is 0.529. The maximum atomic E-state index is 13.1. The Morgan fingerprint density at radius 3 is 2.73 bits per heavy atom. The van der Waals surface area contributed by atoms with Gasteiger partial charge in [-0.05, 0) is 56.1 Å². The standard InChI is InChI=1S/C23H25F3N4O3/c1-4-30-7-5-6-14(12-30)11-27-22-29-21-20(33-22)18(32-3)10-16(28-21)19-13(2)8-15(9-17(19)31)23(24,25)26/h8-11,31H,4-7,12H2,1-3H3,(H,27,28,29). The van der Waals surface area contributed by atoms with Gasteiger partial charge in [0, 0.05) is 24.4 Å². The fourth-order valence-corrected chi connectivity index (χ4v) is 4.02. The molecule has 3 aromatic rings. The number of phenols is 1. The van der Waals surface area contributed by atoms with E-state index >= 15 is 0 Å². The molecule has 33 heavy (non-hydrogen) atoms. The first-order valence-corrected chi connectivity index (χ1v) is 10.6. The Hall–Kier alpha value is -3.27. The lowest BCUT2D eigenvalue weighted by atomic mass is 10.00. The van der Waals surface area contributed by atoms with Crippen molar-refractivity contribution in [3.8, 4) is 22.8 Å². The second kappa shape index (κ2) is 8.93. The van der Waals surface area contributed by atoms with E-state index < -0.39 is 17.5 Å². The number of aromatic hydroxyl groups is 1. The second-order valence-electron chi connectivity index (χ2n) is 7.99. The van der Waals surface area contributed by atoms with Crippen LogP contribution in [0.2, 0.25) is 0 Å². The molecule has 1 saturated heterocycles. The summed E-state index contributed by atoms with van der Waals surface area (Å²) in [4.78, 5) is 11.1. The Morgan fingerprint density at radius 2 is 2.06 bits per heavy atom. The first-order valence-electron chi connectivity index (χ1n) is 10.6. The van der Waals surface area contributed by atoms with Crippen LogP contribution in [0.4, 0.5) is 19.2 Å². The van der Waals surface area contributed by atoms with Gasteiger partial charge in [-0.15, -0.1) is 0 Å². The van der Waals surface area contributed by atoms with Crippen LogP contribution in [-0.2, 0) is 6.18 Å². The van der Waals surface area contributed by atoms with E-state index in [0.717, 1.165) is 38.5 Å². The first kappa shape index (κ1) is 22.9.